The van der Waals surface area contributed by atoms with Crippen LogP contribution >= 0.6 is 0 Å². The zero-order valence-corrected chi connectivity index (χ0v) is 10.4. The van der Waals surface area contributed by atoms with Gasteiger partial charge < -0.3 is 5.32 Å². The number of fused-ring (bicyclic) bond motifs is 1. The lowest BCUT2D eigenvalue weighted by Gasteiger charge is -2.07. The van der Waals surface area contributed by atoms with E-state index in [0.29, 0.717) is 23.8 Å². The predicted octanol–water partition coefficient (Wildman–Crippen LogP) is 0.0346. The fourth-order valence-electron chi connectivity index (χ4n) is 1.92. The lowest BCUT2D eigenvalue weighted by atomic mass is 10.5. The van der Waals surface area contributed by atoms with Crippen molar-refractivity contribution in [3.8, 4) is 0 Å². The molecule has 8 heteroatoms. The van der Waals surface area contributed by atoms with Crippen molar-refractivity contribution >= 4 is 11.5 Å². The van der Waals surface area contributed by atoms with Crippen LogP contribution in [0.1, 0.15) is 5.82 Å². The molecule has 0 aliphatic rings. The summed E-state index contributed by atoms with van der Waals surface area (Å²) in [5.74, 6) is 1.29. The lowest BCUT2D eigenvalue weighted by Crippen LogP contribution is -2.15. The minimum Gasteiger partial charge on any atom is -0.368 e. The third-order valence-corrected chi connectivity index (χ3v) is 2.78. The number of aryl methyl sites for hydroxylation is 1. The molecule has 8 nitrogen and oxygen atoms in total. The molecule has 0 bridgehead atoms. The topological polar surface area (TPSA) is 92.9 Å². The number of rotatable bonds is 4. The van der Waals surface area contributed by atoms with Crippen LogP contribution in [0.3, 0.4) is 0 Å². The van der Waals surface area contributed by atoms with Crippen molar-refractivity contribution in [1.82, 2.24) is 29.4 Å². The smallest absolute Gasteiger partial charge is 0.349 e. The molecule has 3 aromatic heterocycles. The van der Waals surface area contributed by atoms with Crippen molar-refractivity contribution in [3.05, 3.63) is 40.8 Å². The maximum atomic E-state index is 11.5. The van der Waals surface area contributed by atoms with Gasteiger partial charge in [0.15, 0.2) is 5.65 Å². The molecule has 0 spiro atoms. The second kappa shape index (κ2) is 4.56. The highest BCUT2D eigenvalue weighted by molar-refractivity contribution is 5.49. The first kappa shape index (κ1) is 11.5. The third kappa shape index (κ3) is 2.19. The first-order chi connectivity index (χ1) is 9.24. The number of nitrogens with zero attached hydrogens (tertiary/aromatic N) is 5. The fraction of sp³-hybridized carbons (Fsp3) is 0.273. The Bertz CT molecular complexity index is 740. The molecule has 0 saturated carbocycles. The highest BCUT2D eigenvalue weighted by Gasteiger charge is 2.06. The van der Waals surface area contributed by atoms with Crippen LogP contribution in [0.25, 0.3) is 5.65 Å². The minimum atomic E-state index is -0.275. The zero-order chi connectivity index (χ0) is 13.2. The third-order valence-electron chi connectivity index (χ3n) is 2.78. The van der Waals surface area contributed by atoms with Crippen molar-refractivity contribution in [2.24, 2.45) is 0 Å². The summed E-state index contributed by atoms with van der Waals surface area (Å²) in [6.45, 7) is 3.20. The molecule has 0 unspecified atom stereocenters. The van der Waals surface area contributed by atoms with Crippen molar-refractivity contribution in [1.29, 1.82) is 0 Å². The lowest BCUT2D eigenvalue weighted by molar-refractivity contribution is 0.637. The highest BCUT2D eigenvalue weighted by atomic mass is 16.1. The van der Waals surface area contributed by atoms with E-state index in [9.17, 15) is 4.79 Å². The van der Waals surface area contributed by atoms with Gasteiger partial charge in [-0.2, -0.15) is 10.2 Å². The average Bonchev–Trinajstić information content (AvgIpc) is 3.00. The Morgan fingerprint density at radius 3 is 3.16 bits per heavy atom. The van der Waals surface area contributed by atoms with Gasteiger partial charge in [-0.3, -0.25) is 4.68 Å². The molecular formula is C11H13N7O. The quantitative estimate of drug-likeness (QED) is 0.689. The zero-order valence-electron chi connectivity index (χ0n) is 10.4. The summed E-state index contributed by atoms with van der Waals surface area (Å²) >= 11 is 0. The van der Waals surface area contributed by atoms with E-state index < -0.39 is 0 Å². The van der Waals surface area contributed by atoms with Crippen molar-refractivity contribution in [2.75, 3.05) is 11.9 Å². The molecule has 19 heavy (non-hydrogen) atoms. The van der Waals surface area contributed by atoms with E-state index in [1.54, 1.807) is 19.2 Å². The maximum absolute atomic E-state index is 11.5. The summed E-state index contributed by atoms with van der Waals surface area (Å²) in [5, 5.41) is 13.6. The average molecular weight is 259 g/mol. The van der Waals surface area contributed by atoms with Gasteiger partial charge in [0, 0.05) is 25.0 Å². The maximum Gasteiger partial charge on any atom is 0.349 e. The van der Waals surface area contributed by atoms with Gasteiger partial charge in [0.25, 0.3) is 0 Å². The first-order valence-electron chi connectivity index (χ1n) is 5.90. The molecule has 0 radical (unpaired) electrons. The SMILES string of the molecule is Cc1nc(NCCn2cccn2)cc2n[nH]c(=O)n12. The van der Waals surface area contributed by atoms with E-state index in [4.69, 9.17) is 0 Å². The summed E-state index contributed by atoms with van der Waals surface area (Å²) < 4.78 is 3.26. The largest absolute Gasteiger partial charge is 0.368 e. The summed E-state index contributed by atoms with van der Waals surface area (Å²) in [4.78, 5) is 15.8. The Kier molecular flexibility index (Phi) is 2.75. The van der Waals surface area contributed by atoms with Crippen molar-refractivity contribution < 1.29 is 0 Å². The van der Waals surface area contributed by atoms with Gasteiger partial charge >= 0.3 is 5.69 Å². The molecular weight excluding hydrogens is 246 g/mol. The van der Waals surface area contributed by atoms with Crippen molar-refractivity contribution in [3.63, 3.8) is 0 Å². The van der Waals surface area contributed by atoms with Crippen LogP contribution in [0.4, 0.5) is 5.82 Å². The highest BCUT2D eigenvalue weighted by Crippen LogP contribution is 2.07. The molecule has 0 aliphatic carbocycles. The molecule has 0 amide bonds. The van der Waals surface area contributed by atoms with Gasteiger partial charge in [0.1, 0.15) is 11.6 Å². The van der Waals surface area contributed by atoms with Crippen LogP contribution in [0, 0.1) is 6.92 Å². The van der Waals surface area contributed by atoms with Gasteiger partial charge in [-0.25, -0.2) is 19.3 Å². The van der Waals surface area contributed by atoms with Crippen LogP contribution in [-0.4, -0.2) is 35.9 Å². The van der Waals surface area contributed by atoms with Crippen LogP contribution in [0.15, 0.2) is 29.3 Å². The summed E-state index contributed by atoms with van der Waals surface area (Å²) in [6.07, 6.45) is 3.64. The summed E-state index contributed by atoms with van der Waals surface area (Å²) in [7, 11) is 0. The number of H-pyrrole nitrogens is 1. The van der Waals surface area contributed by atoms with E-state index in [1.807, 2.05) is 16.9 Å². The molecule has 0 atom stereocenters. The predicted molar refractivity (Wildman–Crippen MR) is 69.1 cm³/mol. The Morgan fingerprint density at radius 1 is 1.47 bits per heavy atom. The van der Waals surface area contributed by atoms with Gasteiger partial charge in [-0.15, -0.1) is 0 Å². The van der Waals surface area contributed by atoms with Crippen LogP contribution < -0.4 is 11.0 Å². The number of aromatic amines is 1. The van der Waals surface area contributed by atoms with E-state index >= 15 is 0 Å². The second-order valence-electron chi connectivity index (χ2n) is 4.11. The summed E-state index contributed by atoms with van der Waals surface area (Å²) in [5.41, 5.74) is 0.280. The van der Waals surface area contributed by atoms with E-state index in [-0.39, 0.29) is 5.69 Å². The second-order valence-corrected chi connectivity index (χ2v) is 4.11. The number of aromatic nitrogens is 6. The van der Waals surface area contributed by atoms with Gasteiger partial charge in [0.05, 0.1) is 6.54 Å². The summed E-state index contributed by atoms with van der Waals surface area (Å²) in [6, 6.07) is 3.61. The molecule has 3 rings (SSSR count). The minimum absolute atomic E-state index is 0.275. The number of anilines is 1. The van der Waals surface area contributed by atoms with E-state index in [1.165, 1.54) is 4.40 Å². The van der Waals surface area contributed by atoms with E-state index in [2.05, 4.69) is 25.6 Å². The monoisotopic (exact) mass is 259 g/mol. The van der Waals surface area contributed by atoms with Crippen molar-refractivity contribution in [2.45, 2.75) is 13.5 Å². The Balaban J connectivity index is 1.76. The molecule has 2 N–H and O–H groups in total. The number of hydrogen-bond acceptors (Lipinski definition) is 5. The van der Waals surface area contributed by atoms with E-state index in [0.717, 1.165) is 6.54 Å². The van der Waals surface area contributed by atoms with Gasteiger partial charge in [-0.1, -0.05) is 0 Å². The van der Waals surface area contributed by atoms with Gasteiger partial charge in [-0.05, 0) is 13.0 Å². The first-order valence-corrected chi connectivity index (χ1v) is 5.90. The molecule has 98 valence electrons. The normalized spacial score (nSPS) is 11.0. The molecule has 3 heterocycles. The molecule has 0 aliphatic heterocycles. The Labute approximate surface area is 108 Å². The van der Waals surface area contributed by atoms with Gasteiger partial charge in [0.2, 0.25) is 0 Å². The Morgan fingerprint density at radius 2 is 2.37 bits per heavy atom. The Hall–Kier alpha value is -2.64. The molecule has 0 saturated heterocycles. The van der Waals surface area contributed by atoms with Crippen LogP contribution in [0.5, 0.6) is 0 Å². The van der Waals surface area contributed by atoms with Crippen LogP contribution in [-0.2, 0) is 6.54 Å². The molecule has 0 fully saturated rings. The number of hydrogen-bond donors (Lipinski definition) is 2. The number of nitrogens with one attached hydrogen (secondary N) is 2. The molecule has 0 aromatic carbocycles. The fourth-order valence-corrected chi connectivity index (χ4v) is 1.92. The standard InChI is InChI=1S/C11H13N7O/c1-8-14-9(7-10-15-16-11(19)18(8)10)12-4-6-17-5-2-3-13-17/h2-3,5,7,12H,4,6H2,1H3,(H,16,19). The van der Waals surface area contributed by atoms with Crippen LogP contribution in [0.2, 0.25) is 0 Å². The molecule has 3 aromatic rings.